The normalized spacial score (nSPS) is 22.2. The number of benzene rings is 1. The van der Waals surface area contributed by atoms with Gasteiger partial charge in [-0.25, -0.2) is 0 Å². The Kier molecular flexibility index (Phi) is 4.16. The van der Waals surface area contributed by atoms with E-state index >= 15 is 0 Å². The molecule has 0 bridgehead atoms. The van der Waals surface area contributed by atoms with E-state index in [1.165, 1.54) is 36.1 Å². The topological polar surface area (TPSA) is 26.0 Å². The van der Waals surface area contributed by atoms with Crippen LogP contribution in [0.1, 0.15) is 38.7 Å². The summed E-state index contributed by atoms with van der Waals surface area (Å²) < 4.78 is 0. The van der Waals surface area contributed by atoms with Crippen LogP contribution in [0.2, 0.25) is 0 Å². The predicted octanol–water partition coefficient (Wildman–Crippen LogP) is 3.86. The van der Waals surface area contributed by atoms with E-state index in [1.54, 1.807) is 0 Å². The molecule has 0 saturated carbocycles. The van der Waals surface area contributed by atoms with E-state index in [9.17, 15) is 0 Å². The Hall–Kier alpha value is -0.470. The van der Waals surface area contributed by atoms with Gasteiger partial charge < -0.3 is 5.73 Å². The standard InChI is InChI=1S/C15H23NS/c1-3-8-15(2,11-16)10-13-9-12-6-4-5-7-14(12)17-13/h4-7,13H,3,8-11,16H2,1-2H3. The summed E-state index contributed by atoms with van der Waals surface area (Å²) in [6, 6.07) is 8.81. The molecule has 2 N–H and O–H groups in total. The maximum absolute atomic E-state index is 5.97. The van der Waals surface area contributed by atoms with Crippen LogP contribution in [0.25, 0.3) is 0 Å². The summed E-state index contributed by atoms with van der Waals surface area (Å²) in [4.78, 5) is 1.48. The molecule has 1 heterocycles. The van der Waals surface area contributed by atoms with Gasteiger partial charge in [0.25, 0.3) is 0 Å². The van der Waals surface area contributed by atoms with Crippen LogP contribution in [0.5, 0.6) is 0 Å². The second-order valence-electron chi connectivity index (χ2n) is 5.52. The molecule has 2 unspecified atom stereocenters. The van der Waals surface area contributed by atoms with Crippen LogP contribution in [-0.2, 0) is 6.42 Å². The maximum atomic E-state index is 5.97. The molecule has 2 heteroatoms. The minimum absolute atomic E-state index is 0.328. The Morgan fingerprint density at radius 2 is 2.18 bits per heavy atom. The van der Waals surface area contributed by atoms with E-state index in [1.807, 2.05) is 11.8 Å². The Morgan fingerprint density at radius 1 is 1.41 bits per heavy atom. The monoisotopic (exact) mass is 249 g/mol. The SMILES string of the molecule is CCCC(C)(CN)CC1Cc2ccccc2S1. The Labute approximate surface area is 109 Å². The third kappa shape index (κ3) is 3.05. The van der Waals surface area contributed by atoms with Crippen LogP contribution < -0.4 is 5.73 Å². The number of hydrogen-bond acceptors (Lipinski definition) is 2. The van der Waals surface area contributed by atoms with Crippen molar-refractivity contribution < 1.29 is 0 Å². The molecule has 2 atom stereocenters. The number of rotatable bonds is 5. The number of fused-ring (bicyclic) bond motifs is 1. The highest BCUT2D eigenvalue weighted by Gasteiger charge is 2.30. The van der Waals surface area contributed by atoms with E-state index in [4.69, 9.17) is 5.73 Å². The molecular weight excluding hydrogens is 226 g/mol. The fourth-order valence-electron chi connectivity index (χ4n) is 2.81. The molecule has 0 spiro atoms. The van der Waals surface area contributed by atoms with E-state index in [-0.39, 0.29) is 0 Å². The molecule has 1 aliphatic heterocycles. The van der Waals surface area contributed by atoms with E-state index in [0.29, 0.717) is 5.41 Å². The maximum Gasteiger partial charge on any atom is 0.0141 e. The zero-order valence-corrected chi connectivity index (χ0v) is 11.7. The second kappa shape index (κ2) is 5.45. The van der Waals surface area contributed by atoms with Crippen LogP contribution in [0, 0.1) is 5.41 Å². The zero-order valence-electron chi connectivity index (χ0n) is 10.9. The first-order valence-electron chi connectivity index (χ1n) is 6.61. The van der Waals surface area contributed by atoms with E-state index < -0.39 is 0 Å². The lowest BCUT2D eigenvalue weighted by Crippen LogP contribution is -2.30. The van der Waals surface area contributed by atoms with Gasteiger partial charge in [-0.1, -0.05) is 38.5 Å². The third-order valence-corrected chi connectivity index (χ3v) is 5.10. The molecule has 0 aliphatic carbocycles. The largest absolute Gasteiger partial charge is 0.330 e. The van der Waals surface area contributed by atoms with E-state index in [2.05, 4.69) is 38.1 Å². The summed E-state index contributed by atoms with van der Waals surface area (Å²) in [6.45, 7) is 5.42. The Bertz CT molecular complexity index is 352. The summed E-state index contributed by atoms with van der Waals surface area (Å²) in [6.07, 6.45) is 4.95. The molecule has 1 aromatic rings. The average Bonchev–Trinajstić information content (AvgIpc) is 2.71. The van der Waals surface area contributed by atoms with Gasteiger partial charge in [0.15, 0.2) is 0 Å². The van der Waals surface area contributed by atoms with Gasteiger partial charge in [-0.05, 0) is 42.9 Å². The van der Waals surface area contributed by atoms with Gasteiger partial charge in [0.2, 0.25) is 0 Å². The van der Waals surface area contributed by atoms with Crippen LogP contribution in [-0.4, -0.2) is 11.8 Å². The van der Waals surface area contributed by atoms with Crippen molar-refractivity contribution in [2.24, 2.45) is 11.1 Å². The molecule has 1 nitrogen and oxygen atoms in total. The fourth-order valence-corrected chi connectivity index (χ4v) is 4.38. The molecule has 17 heavy (non-hydrogen) atoms. The molecule has 1 aliphatic rings. The molecule has 0 saturated heterocycles. The Morgan fingerprint density at radius 3 is 2.82 bits per heavy atom. The molecule has 1 aromatic carbocycles. The van der Waals surface area contributed by atoms with Gasteiger partial charge in [0, 0.05) is 10.1 Å². The van der Waals surface area contributed by atoms with Crippen molar-refractivity contribution in [3.05, 3.63) is 29.8 Å². The van der Waals surface area contributed by atoms with Crippen molar-refractivity contribution in [1.82, 2.24) is 0 Å². The number of thioether (sulfide) groups is 1. The van der Waals surface area contributed by atoms with Gasteiger partial charge in [-0.2, -0.15) is 0 Å². The second-order valence-corrected chi connectivity index (χ2v) is 6.86. The minimum atomic E-state index is 0.328. The van der Waals surface area contributed by atoms with Crippen molar-refractivity contribution in [2.75, 3.05) is 6.54 Å². The fraction of sp³-hybridized carbons (Fsp3) is 0.600. The molecule has 2 rings (SSSR count). The average molecular weight is 249 g/mol. The summed E-state index contributed by atoms with van der Waals surface area (Å²) in [7, 11) is 0. The van der Waals surface area contributed by atoms with Crippen LogP contribution in [0.3, 0.4) is 0 Å². The highest BCUT2D eigenvalue weighted by Crippen LogP contribution is 2.42. The van der Waals surface area contributed by atoms with Gasteiger partial charge in [0.05, 0.1) is 0 Å². The van der Waals surface area contributed by atoms with Crippen LogP contribution >= 0.6 is 11.8 Å². The lowest BCUT2D eigenvalue weighted by atomic mass is 9.80. The lowest BCUT2D eigenvalue weighted by Gasteiger charge is -2.30. The Balaban J connectivity index is 1.99. The molecule has 0 fully saturated rings. The van der Waals surface area contributed by atoms with Crippen molar-refractivity contribution in [3.63, 3.8) is 0 Å². The third-order valence-electron chi connectivity index (χ3n) is 3.78. The lowest BCUT2D eigenvalue weighted by molar-refractivity contribution is 0.278. The minimum Gasteiger partial charge on any atom is -0.330 e. The van der Waals surface area contributed by atoms with Gasteiger partial charge in [-0.3, -0.25) is 0 Å². The summed E-state index contributed by atoms with van der Waals surface area (Å²) in [5.74, 6) is 0. The number of hydrogen-bond donors (Lipinski definition) is 1. The van der Waals surface area contributed by atoms with Crippen molar-refractivity contribution in [2.45, 2.75) is 49.7 Å². The highest BCUT2D eigenvalue weighted by atomic mass is 32.2. The first-order valence-corrected chi connectivity index (χ1v) is 7.49. The highest BCUT2D eigenvalue weighted by molar-refractivity contribution is 8.00. The summed E-state index contributed by atoms with van der Waals surface area (Å²) in [5.41, 5.74) is 7.82. The summed E-state index contributed by atoms with van der Waals surface area (Å²) in [5, 5.41) is 0.729. The van der Waals surface area contributed by atoms with Gasteiger partial charge in [-0.15, -0.1) is 11.8 Å². The predicted molar refractivity (Wildman–Crippen MR) is 76.5 cm³/mol. The first-order chi connectivity index (χ1) is 8.17. The smallest absolute Gasteiger partial charge is 0.0141 e. The number of nitrogens with two attached hydrogens (primary N) is 1. The zero-order chi connectivity index (χ0) is 12.3. The van der Waals surface area contributed by atoms with Crippen LogP contribution in [0.4, 0.5) is 0 Å². The van der Waals surface area contributed by atoms with Crippen molar-refractivity contribution in [3.8, 4) is 0 Å². The molecule has 0 aromatic heterocycles. The molecule has 0 radical (unpaired) electrons. The van der Waals surface area contributed by atoms with Crippen molar-refractivity contribution in [1.29, 1.82) is 0 Å². The summed E-state index contributed by atoms with van der Waals surface area (Å²) >= 11 is 2.05. The quantitative estimate of drug-likeness (QED) is 0.857. The molecular formula is C15H23NS. The van der Waals surface area contributed by atoms with Gasteiger partial charge >= 0.3 is 0 Å². The molecule has 0 amide bonds. The molecule has 94 valence electrons. The van der Waals surface area contributed by atoms with Crippen molar-refractivity contribution >= 4 is 11.8 Å². The first kappa shape index (κ1) is 13.0. The van der Waals surface area contributed by atoms with Gasteiger partial charge in [0.1, 0.15) is 0 Å². The van der Waals surface area contributed by atoms with Crippen LogP contribution in [0.15, 0.2) is 29.2 Å². The van der Waals surface area contributed by atoms with E-state index in [0.717, 1.165) is 11.8 Å².